The monoisotopic (exact) mass is 363 g/mol. The van der Waals surface area contributed by atoms with Gasteiger partial charge in [0.1, 0.15) is 17.3 Å². The van der Waals surface area contributed by atoms with Gasteiger partial charge in [-0.25, -0.2) is 4.68 Å². The molecule has 0 spiro atoms. The van der Waals surface area contributed by atoms with Gasteiger partial charge in [0.25, 0.3) is 0 Å². The summed E-state index contributed by atoms with van der Waals surface area (Å²) in [6.45, 7) is 2.54. The topological polar surface area (TPSA) is 69.3 Å². The van der Waals surface area contributed by atoms with Gasteiger partial charge in [-0.3, -0.25) is 4.79 Å². The largest absolute Gasteiger partial charge is 0.496 e. The number of hydrogen-bond donors (Lipinski definition) is 1. The van der Waals surface area contributed by atoms with Crippen LogP contribution in [0.2, 0.25) is 0 Å². The van der Waals surface area contributed by atoms with E-state index in [4.69, 9.17) is 9.15 Å². The van der Waals surface area contributed by atoms with Crippen LogP contribution in [0.1, 0.15) is 36.1 Å². The van der Waals surface area contributed by atoms with E-state index in [0.717, 1.165) is 34.0 Å². The zero-order chi connectivity index (χ0) is 18.8. The number of anilines is 1. The molecule has 1 aromatic carbocycles. The fourth-order valence-corrected chi connectivity index (χ4v) is 3.49. The SMILES string of the molecule is COc1ccccc1Cn1ncc2c1NC(=O)CC2C(C)=Cc1ccco1. The number of amides is 1. The third-order valence-corrected chi connectivity index (χ3v) is 4.87. The van der Waals surface area contributed by atoms with Crippen LogP contribution in [0.15, 0.2) is 58.8 Å². The van der Waals surface area contributed by atoms with E-state index in [2.05, 4.69) is 10.4 Å². The maximum atomic E-state index is 12.3. The second-order valence-corrected chi connectivity index (χ2v) is 6.63. The molecule has 0 saturated heterocycles. The van der Waals surface area contributed by atoms with E-state index in [-0.39, 0.29) is 11.8 Å². The van der Waals surface area contributed by atoms with Crippen molar-refractivity contribution in [3.05, 3.63) is 71.3 Å². The molecule has 6 nitrogen and oxygen atoms in total. The predicted molar refractivity (Wildman–Crippen MR) is 103 cm³/mol. The lowest BCUT2D eigenvalue weighted by molar-refractivity contribution is -0.116. The molecule has 138 valence electrons. The van der Waals surface area contributed by atoms with Crippen molar-refractivity contribution in [3.63, 3.8) is 0 Å². The summed E-state index contributed by atoms with van der Waals surface area (Å²) in [5.74, 6) is 2.29. The van der Waals surface area contributed by atoms with Crippen molar-refractivity contribution in [3.8, 4) is 5.75 Å². The number of nitrogens with zero attached hydrogens (tertiary/aromatic N) is 2. The van der Waals surface area contributed by atoms with Crippen molar-refractivity contribution in [2.45, 2.75) is 25.8 Å². The molecule has 1 atom stereocenters. The van der Waals surface area contributed by atoms with Crippen LogP contribution < -0.4 is 10.1 Å². The number of carbonyl (C=O) groups excluding carboxylic acids is 1. The summed E-state index contributed by atoms with van der Waals surface area (Å²) in [5.41, 5.74) is 3.09. The van der Waals surface area contributed by atoms with Gasteiger partial charge in [-0.1, -0.05) is 23.8 Å². The first-order chi connectivity index (χ1) is 13.2. The molecule has 0 radical (unpaired) electrons. The molecule has 0 fully saturated rings. The number of hydrogen-bond acceptors (Lipinski definition) is 4. The summed E-state index contributed by atoms with van der Waals surface area (Å²) in [5, 5.41) is 7.51. The molecule has 0 bridgehead atoms. The standard InChI is InChI=1S/C21H21N3O3/c1-14(10-16-7-5-9-27-16)17-11-20(25)23-21-18(17)12-22-24(21)13-15-6-3-4-8-19(15)26-2/h3-10,12,17H,11,13H2,1-2H3,(H,23,25). The molecule has 1 N–H and O–H groups in total. The molecule has 2 aromatic heterocycles. The normalized spacial score (nSPS) is 16.7. The van der Waals surface area contributed by atoms with Crippen LogP contribution in [0.3, 0.4) is 0 Å². The quantitative estimate of drug-likeness (QED) is 0.742. The maximum Gasteiger partial charge on any atom is 0.226 e. The van der Waals surface area contributed by atoms with Crippen LogP contribution in [-0.4, -0.2) is 22.8 Å². The summed E-state index contributed by atoms with van der Waals surface area (Å²) in [4.78, 5) is 12.3. The number of fused-ring (bicyclic) bond motifs is 1. The Balaban J connectivity index is 1.67. The Kier molecular flexibility index (Phi) is 4.54. The van der Waals surface area contributed by atoms with Crippen LogP contribution >= 0.6 is 0 Å². The van der Waals surface area contributed by atoms with Crippen molar-refractivity contribution < 1.29 is 13.9 Å². The molecule has 1 aliphatic heterocycles. The average molecular weight is 363 g/mol. The zero-order valence-electron chi connectivity index (χ0n) is 15.3. The van der Waals surface area contributed by atoms with E-state index in [1.165, 1.54) is 0 Å². The molecular weight excluding hydrogens is 342 g/mol. The molecule has 0 aliphatic carbocycles. The molecule has 1 amide bonds. The Morgan fingerprint density at radius 3 is 3.00 bits per heavy atom. The second kappa shape index (κ2) is 7.15. The van der Waals surface area contributed by atoms with E-state index >= 15 is 0 Å². The van der Waals surface area contributed by atoms with Gasteiger partial charge in [-0.15, -0.1) is 0 Å². The number of furan rings is 1. The minimum Gasteiger partial charge on any atom is -0.496 e. The van der Waals surface area contributed by atoms with Gasteiger partial charge in [0.15, 0.2) is 0 Å². The van der Waals surface area contributed by atoms with Gasteiger partial charge in [0.2, 0.25) is 5.91 Å². The molecule has 0 saturated carbocycles. The van der Waals surface area contributed by atoms with Crippen LogP contribution in [0.4, 0.5) is 5.82 Å². The third kappa shape index (κ3) is 3.38. The van der Waals surface area contributed by atoms with Gasteiger partial charge >= 0.3 is 0 Å². The lowest BCUT2D eigenvalue weighted by Crippen LogP contribution is -2.25. The summed E-state index contributed by atoms with van der Waals surface area (Å²) in [6, 6.07) is 11.6. The Labute approximate surface area is 157 Å². The Morgan fingerprint density at radius 1 is 1.37 bits per heavy atom. The molecule has 6 heteroatoms. The van der Waals surface area contributed by atoms with E-state index in [9.17, 15) is 4.79 Å². The lowest BCUT2D eigenvalue weighted by atomic mass is 9.87. The number of carbonyl (C=O) groups is 1. The number of rotatable bonds is 5. The van der Waals surface area contributed by atoms with Crippen LogP contribution in [0, 0.1) is 0 Å². The van der Waals surface area contributed by atoms with Crippen molar-refractivity contribution in [2.24, 2.45) is 0 Å². The Morgan fingerprint density at radius 2 is 2.22 bits per heavy atom. The summed E-state index contributed by atoms with van der Waals surface area (Å²) in [6.07, 6.45) is 5.86. The number of aromatic nitrogens is 2. The fraction of sp³-hybridized carbons (Fsp3) is 0.238. The molecule has 1 unspecified atom stereocenters. The highest BCUT2D eigenvalue weighted by Crippen LogP contribution is 2.38. The van der Waals surface area contributed by atoms with Crippen molar-refractivity contribution in [1.82, 2.24) is 9.78 Å². The summed E-state index contributed by atoms with van der Waals surface area (Å²) >= 11 is 0. The van der Waals surface area contributed by atoms with Gasteiger partial charge in [-0.05, 0) is 31.2 Å². The number of ether oxygens (including phenoxy) is 1. The highest BCUT2D eigenvalue weighted by molar-refractivity contribution is 5.94. The zero-order valence-corrected chi connectivity index (χ0v) is 15.3. The first kappa shape index (κ1) is 17.1. The first-order valence-electron chi connectivity index (χ1n) is 8.85. The molecule has 3 aromatic rings. The first-order valence-corrected chi connectivity index (χ1v) is 8.85. The smallest absolute Gasteiger partial charge is 0.226 e. The van der Waals surface area contributed by atoms with Crippen molar-refractivity contribution >= 4 is 17.8 Å². The van der Waals surface area contributed by atoms with Gasteiger partial charge in [-0.2, -0.15) is 5.10 Å². The van der Waals surface area contributed by atoms with E-state index in [0.29, 0.717) is 13.0 Å². The van der Waals surface area contributed by atoms with Crippen molar-refractivity contribution in [1.29, 1.82) is 0 Å². The Hall–Kier alpha value is -3.28. The number of allylic oxidation sites excluding steroid dienone is 1. The number of nitrogens with one attached hydrogen (secondary N) is 1. The average Bonchev–Trinajstić information content (AvgIpc) is 3.32. The molecule has 1 aliphatic rings. The van der Waals surface area contributed by atoms with Crippen LogP contribution in [0.5, 0.6) is 5.75 Å². The molecule has 27 heavy (non-hydrogen) atoms. The summed E-state index contributed by atoms with van der Waals surface area (Å²) in [7, 11) is 1.65. The van der Waals surface area contributed by atoms with Crippen molar-refractivity contribution in [2.75, 3.05) is 12.4 Å². The predicted octanol–water partition coefficient (Wildman–Crippen LogP) is 4.06. The highest BCUT2D eigenvalue weighted by Gasteiger charge is 2.30. The van der Waals surface area contributed by atoms with Gasteiger partial charge in [0.05, 0.1) is 26.1 Å². The molecule has 4 rings (SSSR count). The van der Waals surface area contributed by atoms with E-state index < -0.39 is 0 Å². The number of benzene rings is 1. The fourth-order valence-electron chi connectivity index (χ4n) is 3.49. The number of para-hydroxylation sites is 1. The Bertz CT molecular complexity index is 986. The maximum absolute atomic E-state index is 12.3. The lowest BCUT2D eigenvalue weighted by Gasteiger charge is -2.24. The molecular formula is C21H21N3O3. The second-order valence-electron chi connectivity index (χ2n) is 6.63. The minimum absolute atomic E-state index is 0.0125. The van der Waals surface area contributed by atoms with E-state index in [1.54, 1.807) is 13.4 Å². The number of methoxy groups -OCH3 is 1. The van der Waals surface area contributed by atoms with Crippen LogP contribution in [0.25, 0.3) is 6.08 Å². The molecule has 3 heterocycles. The third-order valence-electron chi connectivity index (χ3n) is 4.87. The highest BCUT2D eigenvalue weighted by atomic mass is 16.5. The van der Waals surface area contributed by atoms with Gasteiger partial charge in [0, 0.05) is 23.5 Å². The minimum atomic E-state index is -0.0229. The van der Waals surface area contributed by atoms with Crippen LogP contribution in [-0.2, 0) is 11.3 Å². The van der Waals surface area contributed by atoms with Gasteiger partial charge < -0.3 is 14.5 Å². The summed E-state index contributed by atoms with van der Waals surface area (Å²) < 4.78 is 12.7. The van der Waals surface area contributed by atoms with E-state index in [1.807, 2.05) is 60.3 Å².